The van der Waals surface area contributed by atoms with Crippen LogP contribution in [0.5, 0.6) is 5.75 Å². The van der Waals surface area contributed by atoms with Crippen LogP contribution >= 0.6 is 0 Å². The van der Waals surface area contributed by atoms with Gasteiger partial charge in [-0.05, 0) is 62.9 Å². The van der Waals surface area contributed by atoms with Gasteiger partial charge in [0.2, 0.25) is 11.8 Å². The second-order valence-corrected chi connectivity index (χ2v) is 9.86. The molecule has 3 aromatic carbocycles. The summed E-state index contributed by atoms with van der Waals surface area (Å²) in [5.74, 6) is -0.0620. The molecule has 1 N–H and O–H groups in total. The molecule has 35 heavy (non-hydrogen) atoms. The predicted octanol–water partition coefficient (Wildman–Crippen LogP) is 4.14. The minimum Gasteiger partial charge on any atom is -0.497 e. The van der Waals surface area contributed by atoms with E-state index in [0.717, 1.165) is 16.3 Å². The van der Waals surface area contributed by atoms with E-state index in [2.05, 4.69) is 5.32 Å². The highest BCUT2D eigenvalue weighted by molar-refractivity contribution is 6.26. The van der Waals surface area contributed by atoms with E-state index < -0.39 is 11.6 Å². The molecular weight excluding hydrogens is 442 g/mol. The fourth-order valence-electron chi connectivity index (χ4n) is 4.35. The Morgan fingerprint density at radius 2 is 1.69 bits per heavy atom. The number of hydrogen-bond acceptors (Lipinski definition) is 4. The molecule has 1 aliphatic heterocycles. The molecule has 3 amide bonds. The first-order chi connectivity index (χ1) is 16.6. The van der Waals surface area contributed by atoms with Crippen molar-refractivity contribution in [2.24, 2.45) is 0 Å². The van der Waals surface area contributed by atoms with Gasteiger partial charge in [0.05, 0.1) is 12.8 Å². The molecule has 0 saturated carbocycles. The van der Waals surface area contributed by atoms with Crippen molar-refractivity contribution in [2.75, 3.05) is 18.6 Å². The summed E-state index contributed by atoms with van der Waals surface area (Å²) in [5, 5.41) is 4.77. The number of carbonyl (C=O) groups is 3. The van der Waals surface area contributed by atoms with Gasteiger partial charge in [-0.15, -0.1) is 0 Å². The molecular formula is C28H31N3O4. The molecule has 0 aromatic heterocycles. The molecule has 1 atom stereocenters. The van der Waals surface area contributed by atoms with E-state index in [1.165, 1.54) is 9.80 Å². The van der Waals surface area contributed by atoms with E-state index in [-0.39, 0.29) is 30.8 Å². The van der Waals surface area contributed by atoms with Crippen LogP contribution in [0.1, 0.15) is 43.6 Å². The summed E-state index contributed by atoms with van der Waals surface area (Å²) in [6.07, 6.45) is 0. The van der Waals surface area contributed by atoms with E-state index in [1.807, 2.05) is 75.4 Å². The Morgan fingerprint density at radius 1 is 1.03 bits per heavy atom. The summed E-state index contributed by atoms with van der Waals surface area (Å²) >= 11 is 0. The zero-order valence-electron chi connectivity index (χ0n) is 20.8. The molecule has 0 radical (unpaired) electrons. The van der Waals surface area contributed by atoms with Crippen molar-refractivity contribution in [1.82, 2.24) is 10.2 Å². The third kappa shape index (κ3) is 4.99. The third-order valence-electron chi connectivity index (χ3n) is 6.12. The van der Waals surface area contributed by atoms with Gasteiger partial charge in [-0.1, -0.05) is 36.4 Å². The van der Waals surface area contributed by atoms with Crippen LogP contribution in [-0.2, 0) is 16.1 Å². The molecule has 7 heteroatoms. The second kappa shape index (κ2) is 9.41. The number of ether oxygens (including phenoxy) is 1. The molecule has 0 aliphatic carbocycles. The lowest BCUT2D eigenvalue weighted by atomic mass is 10.1. The summed E-state index contributed by atoms with van der Waals surface area (Å²) < 4.78 is 5.23. The molecule has 0 spiro atoms. The number of methoxy groups -OCH3 is 1. The maximum absolute atomic E-state index is 13.7. The molecule has 3 aromatic rings. The third-order valence-corrected chi connectivity index (χ3v) is 6.12. The number of nitrogens with zero attached hydrogens (tertiary/aromatic N) is 2. The van der Waals surface area contributed by atoms with Crippen LogP contribution in [0.15, 0.2) is 60.7 Å². The number of hydrogen-bond donors (Lipinski definition) is 1. The number of carbonyl (C=O) groups excluding carboxylic acids is 3. The molecule has 4 rings (SSSR count). The first kappa shape index (κ1) is 24.3. The van der Waals surface area contributed by atoms with Gasteiger partial charge in [-0.2, -0.15) is 0 Å². The molecule has 0 unspecified atom stereocenters. The quantitative estimate of drug-likeness (QED) is 0.559. The highest BCUT2D eigenvalue weighted by atomic mass is 16.5. The van der Waals surface area contributed by atoms with Crippen molar-refractivity contribution in [3.05, 3.63) is 71.8 Å². The van der Waals surface area contributed by atoms with Crippen molar-refractivity contribution < 1.29 is 19.1 Å². The van der Waals surface area contributed by atoms with Crippen LogP contribution in [0.25, 0.3) is 10.8 Å². The summed E-state index contributed by atoms with van der Waals surface area (Å²) in [6.45, 7) is 7.47. The van der Waals surface area contributed by atoms with Gasteiger partial charge in [-0.3, -0.25) is 19.3 Å². The molecule has 1 aliphatic rings. The predicted molar refractivity (Wildman–Crippen MR) is 137 cm³/mol. The highest BCUT2D eigenvalue weighted by Crippen LogP contribution is 2.37. The Labute approximate surface area is 205 Å². The van der Waals surface area contributed by atoms with Crippen molar-refractivity contribution in [3.63, 3.8) is 0 Å². The zero-order chi connectivity index (χ0) is 25.3. The maximum Gasteiger partial charge on any atom is 0.259 e. The molecule has 0 bridgehead atoms. The van der Waals surface area contributed by atoms with Gasteiger partial charge in [0.25, 0.3) is 5.91 Å². The first-order valence-corrected chi connectivity index (χ1v) is 11.7. The molecule has 0 saturated heterocycles. The number of amides is 3. The van der Waals surface area contributed by atoms with E-state index in [4.69, 9.17) is 4.74 Å². The summed E-state index contributed by atoms with van der Waals surface area (Å²) in [7, 11) is 1.59. The molecule has 182 valence electrons. The summed E-state index contributed by atoms with van der Waals surface area (Å²) in [5.41, 5.74) is 1.72. The van der Waals surface area contributed by atoms with Crippen molar-refractivity contribution in [2.45, 2.75) is 45.8 Å². The standard InChI is InChI=1S/C28H31N3O4/c1-18(26(33)29-28(2,3)4)30(16-19-12-14-21(35-5)15-13-19)24(32)17-31-23-11-7-9-20-8-6-10-22(25(20)23)27(31)34/h6-15,18H,16-17H2,1-5H3,(H,29,33)/t18-/m1/s1. The Bertz CT molecular complexity index is 1270. The Kier molecular flexibility index (Phi) is 6.52. The number of anilines is 1. The van der Waals surface area contributed by atoms with Gasteiger partial charge in [0.15, 0.2) is 0 Å². The van der Waals surface area contributed by atoms with Crippen molar-refractivity contribution in [3.8, 4) is 5.75 Å². The van der Waals surface area contributed by atoms with Gasteiger partial charge in [0, 0.05) is 23.0 Å². The maximum atomic E-state index is 13.7. The van der Waals surface area contributed by atoms with E-state index in [9.17, 15) is 14.4 Å². The summed E-state index contributed by atoms with van der Waals surface area (Å²) in [6, 6.07) is 17.9. The average molecular weight is 474 g/mol. The first-order valence-electron chi connectivity index (χ1n) is 11.7. The van der Waals surface area contributed by atoms with Crippen LogP contribution in [0, 0.1) is 0 Å². The molecule has 0 fully saturated rings. The minimum absolute atomic E-state index is 0.157. The zero-order valence-corrected chi connectivity index (χ0v) is 20.8. The van der Waals surface area contributed by atoms with Crippen molar-refractivity contribution in [1.29, 1.82) is 0 Å². The van der Waals surface area contributed by atoms with E-state index in [0.29, 0.717) is 17.0 Å². The fraction of sp³-hybridized carbons (Fsp3) is 0.321. The smallest absolute Gasteiger partial charge is 0.259 e. The minimum atomic E-state index is -0.736. The van der Waals surface area contributed by atoms with E-state index >= 15 is 0 Å². The van der Waals surface area contributed by atoms with Crippen LogP contribution in [0.3, 0.4) is 0 Å². The van der Waals surface area contributed by atoms with Crippen LogP contribution in [0.2, 0.25) is 0 Å². The monoisotopic (exact) mass is 473 g/mol. The normalized spacial score (nSPS) is 13.6. The highest BCUT2D eigenvalue weighted by Gasteiger charge is 2.34. The fourth-order valence-corrected chi connectivity index (χ4v) is 4.35. The summed E-state index contributed by atoms with van der Waals surface area (Å²) in [4.78, 5) is 43.0. The largest absolute Gasteiger partial charge is 0.497 e. The number of nitrogens with one attached hydrogen (secondary N) is 1. The number of rotatable bonds is 7. The lowest BCUT2D eigenvalue weighted by Crippen LogP contribution is -2.54. The second-order valence-electron chi connectivity index (χ2n) is 9.86. The van der Waals surface area contributed by atoms with Crippen LogP contribution < -0.4 is 15.0 Å². The number of benzene rings is 3. The molecule has 1 heterocycles. The van der Waals surface area contributed by atoms with Gasteiger partial charge < -0.3 is 15.0 Å². The topological polar surface area (TPSA) is 79.0 Å². The van der Waals surface area contributed by atoms with Crippen molar-refractivity contribution >= 4 is 34.2 Å². The van der Waals surface area contributed by atoms with Crippen LogP contribution in [-0.4, -0.2) is 47.9 Å². The van der Waals surface area contributed by atoms with Gasteiger partial charge >= 0.3 is 0 Å². The average Bonchev–Trinajstić information content (AvgIpc) is 3.09. The SMILES string of the molecule is COc1ccc(CN(C(=O)CN2C(=O)c3cccc4cccc2c34)[C@H](C)C(=O)NC(C)(C)C)cc1. The Morgan fingerprint density at radius 3 is 2.31 bits per heavy atom. The van der Waals surface area contributed by atoms with Gasteiger partial charge in [0.1, 0.15) is 18.3 Å². The van der Waals surface area contributed by atoms with E-state index in [1.54, 1.807) is 20.1 Å². The van der Waals surface area contributed by atoms with Crippen LogP contribution in [0.4, 0.5) is 5.69 Å². The van der Waals surface area contributed by atoms with Gasteiger partial charge in [-0.25, -0.2) is 0 Å². The molecule has 7 nitrogen and oxygen atoms in total. The Balaban J connectivity index is 1.62. The Hall–Kier alpha value is -3.87. The lowest BCUT2D eigenvalue weighted by molar-refractivity contribution is -0.140. The lowest BCUT2D eigenvalue weighted by Gasteiger charge is -2.32.